The highest BCUT2D eigenvalue weighted by atomic mass is 16.5. The molecule has 1 atom stereocenters. The van der Waals surface area contributed by atoms with Gasteiger partial charge in [-0.25, -0.2) is 0 Å². The van der Waals surface area contributed by atoms with E-state index in [1.807, 2.05) is 0 Å². The van der Waals surface area contributed by atoms with E-state index in [0.717, 1.165) is 26.0 Å². The van der Waals surface area contributed by atoms with Crippen LogP contribution in [0, 0.1) is 0 Å². The fourth-order valence-corrected chi connectivity index (χ4v) is 4.30. The van der Waals surface area contributed by atoms with Gasteiger partial charge >= 0.3 is 0 Å². The maximum absolute atomic E-state index is 6.26. The van der Waals surface area contributed by atoms with E-state index in [4.69, 9.17) is 4.74 Å². The molecule has 2 aromatic rings. The maximum atomic E-state index is 6.26. The second-order valence-corrected chi connectivity index (χ2v) is 7.48. The maximum Gasteiger partial charge on any atom is 0.116 e. The van der Waals surface area contributed by atoms with Crippen molar-refractivity contribution in [2.24, 2.45) is 0 Å². The van der Waals surface area contributed by atoms with Gasteiger partial charge in [0.2, 0.25) is 0 Å². The molecule has 0 N–H and O–H groups in total. The number of rotatable bonds is 2. The largest absolute Gasteiger partial charge is 0.359 e. The van der Waals surface area contributed by atoms with Crippen molar-refractivity contribution < 1.29 is 4.74 Å². The summed E-state index contributed by atoms with van der Waals surface area (Å²) in [5.74, 6) is 0. The van der Waals surface area contributed by atoms with Gasteiger partial charge in [0.05, 0.1) is 12.1 Å². The van der Waals surface area contributed by atoms with Gasteiger partial charge in [-0.3, -0.25) is 4.90 Å². The monoisotopic (exact) mass is 307 g/mol. The van der Waals surface area contributed by atoms with Gasteiger partial charge in [-0.15, -0.1) is 0 Å². The number of nitrogens with zero attached hydrogens (tertiary/aromatic N) is 1. The SMILES string of the molecule is CC1(C)OCC2(CCc3ccccc3C2)N1Cc1ccccc1. The number of fused-ring (bicyclic) bond motifs is 1. The van der Waals surface area contributed by atoms with Gasteiger partial charge in [0.25, 0.3) is 0 Å². The average molecular weight is 307 g/mol. The van der Waals surface area contributed by atoms with Crippen molar-refractivity contribution >= 4 is 0 Å². The first-order valence-corrected chi connectivity index (χ1v) is 8.62. The van der Waals surface area contributed by atoms with E-state index >= 15 is 0 Å². The molecule has 2 nitrogen and oxygen atoms in total. The Morgan fingerprint density at radius 1 is 0.957 bits per heavy atom. The smallest absolute Gasteiger partial charge is 0.116 e. The molecule has 1 unspecified atom stereocenters. The lowest BCUT2D eigenvalue weighted by atomic mass is 9.77. The molecule has 0 radical (unpaired) electrons. The van der Waals surface area contributed by atoms with Crippen LogP contribution in [-0.4, -0.2) is 22.8 Å². The summed E-state index contributed by atoms with van der Waals surface area (Å²) in [6.07, 6.45) is 3.43. The summed E-state index contributed by atoms with van der Waals surface area (Å²) in [5.41, 5.74) is 4.31. The first-order valence-electron chi connectivity index (χ1n) is 8.62. The van der Waals surface area contributed by atoms with Gasteiger partial charge in [-0.05, 0) is 49.8 Å². The standard InChI is InChI=1S/C21H25NO/c1-20(2)22(15-17-8-4-3-5-9-17)21(16-23-20)13-12-18-10-6-7-11-19(18)14-21/h3-11H,12-16H2,1-2H3. The summed E-state index contributed by atoms with van der Waals surface area (Å²) in [7, 11) is 0. The molecule has 2 heteroatoms. The molecule has 0 aromatic heterocycles. The molecule has 1 fully saturated rings. The molecular weight excluding hydrogens is 282 g/mol. The van der Waals surface area contributed by atoms with E-state index in [9.17, 15) is 0 Å². The van der Waals surface area contributed by atoms with Crippen LogP contribution in [0.3, 0.4) is 0 Å². The first kappa shape index (κ1) is 14.9. The highest BCUT2D eigenvalue weighted by Crippen LogP contribution is 2.44. The molecule has 2 aromatic carbocycles. The minimum Gasteiger partial charge on any atom is -0.359 e. The number of hydrogen-bond donors (Lipinski definition) is 0. The van der Waals surface area contributed by atoms with Crippen LogP contribution in [-0.2, 0) is 24.1 Å². The van der Waals surface area contributed by atoms with Crippen molar-refractivity contribution in [3.63, 3.8) is 0 Å². The Morgan fingerprint density at radius 3 is 2.43 bits per heavy atom. The zero-order valence-electron chi connectivity index (χ0n) is 14.1. The van der Waals surface area contributed by atoms with Crippen LogP contribution in [0.2, 0.25) is 0 Å². The van der Waals surface area contributed by atoms with Crippen molar-refractivity contribution in [1.82, 2.24) is 4.90 Å². The van der Waals surface area contributed by atoms with Gasteiger partial charge in [-0.1, -0.05) is 54.6 Å². The van der Waals surface area contributed by atoms with Crippen LogP contribution in [0.25, 0.3) is 0 Å². The van der Waals surface area contributed by atoms with Gasteiger partial charge in [0, 0.05) is 6.54 Å². The van der Waals surface area contributed by atoms with E-state index in [-0.39, 0.29) is 11.3 Å². The lowest BCUT2D eigenvalue weighted by Gasteiger charge is -2.44. The van der Waals surface area contributed by atoms with E-state index in [0.29, 0.717) is 0 Å². The molecule has 0 amide bonds. The van der Waals surface area contributed by atoms with E-state index in [1.54, 1.807) is 0 Å². The summed E-state index contributed by atoms with van der Waals surface area (Å²) in [5, 5.41) is 0. The molecule has 0 bridgehead atoms. The number of aryl methyl sites for hydroxylation is 1. The zero-order chi connectivity index (χ0) is 15.9. The van der Waals surface area contributed by atoms with E-state index in [2.05, 4.69) is 73.3 Å². The van der Waals surface area contributed by atoms with Crippen molar-refractivity contribution in [2.45, 2.75) is 50.9 Å². The van der Waals surface area contributed by atoms with Crippen LogP contribution < -0.4 is 0 Å². The third kappa shape index (κ3) is 2.60. The molecular formula is C21H25NO. The number of hydrogen-bond acceptors (Lipinski definition) is 2. The molecule has 120 valence electrons. The molecule has 0 saturated carbocycles. The lowest BCUT2D eigenvalue weighted by molar-refractivity contribution is -0.0673. The minimum absolute atomic E-state index is 0.133. The van der Waals surface area contributed by atoms with Crippen LogP contribution in [0.15, 0.2) is 54.6 Å². The molecule has 1 spiro atoms. The highest BCUT2D eigenvalue weighted by Gasteiger charge is 2.52. The third-order valence-corrected chi connectivity index (χ3v) is 5.60. The molecule has 1 saturated heterocycles. The fourth-order valence-electron chi connectivity index (χ4n) is 4.30. The van der Waals surface area contributed by atoms with Crippen molar-refractivity contribution in [2.75, 3.05) is 6.61 Å². The summed E-state index contributed by atoms with van der Waals surface area (Å²) < 4.78 is 6.26. The Balaban J connectivity index is 1.67. The lowest BCUT2D eigenvalue weighted by Crippen LogP contribution is -2.54. The predicted octanol–water partition coefficient (Wildman–Crippen LogP) is 4.18. The average Bonchev–Trinajstić information content (AvgIpc) is 2.81. The van der Waals surface area contributed by atoms with Gasteiger partial charge < -0.3 is 4.74 Å². The van der Waals surface area contributed by atoms with Gasteiger partial charge in [0.1, 0.15) is 5.72 Å². The molecule has 1 aliphatic heterocycles. The quantitative estimate of drug-likeness (QED) is 0.825. The molecule has 1 aliphatic carbocycles. The van der Waals surface area contributed by atoms with Crippen LogP contribution in [0.5, 0.6) is 0 Å². The first-order chi connectivity index (χ1) is 11.1. The van der Waals surface area contributed by atoms with Crippen LogP contribution in [0.4, 0.5) is 0 Å². The fraction of sp³-hybridized carbons (Fsp3) is 0.429. The molecule has 23 heavy (non-hydrogen) atoms. The van der Waals surface area contributed by atoms with Gasteiger partial charge in [-0.2, -0.15) is 0 Å². The molecule has 2 aliphatic rings. The Bertz CT molecular complexity index is 694. The highest BCUT2D eigenvalue weighted by molar-refractivity contribution is 5.33. The van der Waals surface area contributed by atoms with Crippen LogP contribution >= 0.6 is 0 Å². The van der Waals surface area contributed by atoms with Gasteiger partial charge in [0.15, 0.2) is 0 Å². The van der Waals surface area contributed by atoms with Crippen molar-refractivity contribution in [3.8, 4) is 0 Å². The van der Waals surface area contributed by atoms with E-state index < -0.39 is 0 Å². The Hall–Kier alpha value is -1.64. The zero-order valence-corrected chi connectivity index (χ0v) is 14.1. The Labute approximate surface area is 139 Å². The summed E-state index contributed by atoms with van der Waals surface area (Å²) in [4.78, 5) is 2.60. The predicted molar refractivity (Wildman–Crippen MR) is 93.2 cm³/mol. The Morgan fingerprint density at radius 2 is 1.65 bits per heavy atom. The number of ether oxygens (including phenoxy) is 1. The second-order valence-electron chi connectivity index (χ2n) is 7.48. The molecule has 4 rings (SSSR count). The molecule has 1 heterocycles. The number of benzene rings is 2. The summed E-state index contributed by atoms with van der Waals surface area (Å²) >= 11 is 0. The third-order valence-electron chi connectivity index (χ3n) is 5.60. The minimum atomic E-state index is -0.206. The summed E-state index contributed by atoms with van der Waals surface area (Å²) in [6, 6.07) is 19.7. The van der Waals surface area contributed by atoms with Crippen molar-refractivity contribution in [1.29, 1.82) is 0 Å². The normalized spacial score (nSPS) is 26.3. The topological polar surface area (TPSA) is 12.5 Å². The summed E-state index contributed by atoms with van der Waals surface area (Å²) in [6.45, 7) is 6.22. The second kappa shape index (κ2) is 5.47. The Kier molecular flexibility index (Phi) is 3.55. The van der Waals surface area contributed by atoms with E-state index in [1.165, 1.54) is 23.1 Å². The van der Waals surface area contributed by atoms with Crippen LogP contribution in [0.1, 0.15) is 37.0 Å². The van der Waals surface area contributed by atoms with Crippen molar-refractivity contribution in [3.05, 3.63) is 71.3 Å².